The summed E-state index contributed by atoms with van der Waals surface area (Å²) in [6.45, 7) is 0.530. The number of rotatable bonds is 7. The highest BCUT2D eigenvalue weighted by Gasteiger charge is 2.46. The third-order valence-electron chi connectivity index (χ3n) is 5.99. The van der Waals surface area contributed by atoms with Crippen molar-refractivity contribution < 1.29 is 19.4 Å². The number of benzene rings is 2. The van der Waals surface area contributed by atoms with Crippen LogP contribution in [0, 0.1) is 0 Å². The van der Waals surface area contributed by atoms with Crippen LogP contribution in [0.4, 0.5) is 0 Å². The molecule has 3 heterocycles. The monoisotopic (exact) mass is 477 g/mol. The predicted octanol–water partition coefficient (Wildman–Crippen LogP) is 4.68. The van der Waals surface area contributed by atoms with Crippen molar-refractivity contribution in [2.24, 2.45) is 0 Å². The highest BCUT2D eigenvalue weighted by molar-refractivity contribution is 6.46. The quantitative estimate of drug-likeness (QED) is 0.236. The first-order valence-corrected chi connectivity index (χ1v) is 11.5. The number of ether oxygens (including phenoxy) is 1. The fourth-order valence-electron chi connectivity index (χ4n) is 4.26. The summed E-state index contributed by atoms with van der Waals surface area (Å²) in [7, 11) is 0. The van der Waals surface area contributed by atoms with Gasteiger partial charge in [-0.05, 0) is 47.0 Å². The molecule has 1 aliphatic rings. The van der Waals surface area contributed by atoms with E-state index in [0.717, 1.165) is 11.1 Å². The zero-order valence-electron chi connectivity index (χ0n) is 19.3. The van der Waals surface area contributed by atoms with Crippen molar-refractivity contribution in [3.8, 4) is 5.75 Å². The Hall–Kier alpha value is -4.78. The molecule has 1 atom stereocenters. The number of hydrogen-bond acceptors (Lipinski definition) is 6. The van der Waals surface area contributed by atoms with Gasteiger partial charge in [-0.25, -0.2) is 0 Å². The van der Waals surface area contributed by atoms with Crippen LogP contribution in [0.15, 0.2) is 109 Å². The summed E-state index contributed by atoms with van der Waals surface area (Å²) < 4.78 is 5.99. The Labute approximate surface area is 208 Å². The Bertz CT molecular complexity index is 1410. The molecule has 1 fully saturated rings. The number of ketones is 1. The molecule has 0 aliphatic carbocycles. The van der Waals surface area contributed by atoms with E-state index in [-0.39, 0.29) is 17.9 Å². The van der Waals surface area contributed by atoms with Crippen LogP contribution in [-0.2, 0) is 22.7 Å². The first-order chi connectivity index (χ1) is 17.6. The molecule has 1 saturated heterocycles. The van der Waals surface area contributed by atoms with Crippen LogP contribution >= 0.6 is 0 Å². The Morgan fingerprint density at radius 1 is 0.861 bits per heavy atom. The molecule has 0 radical (unpaired) electrons. The largest absolute Gasteiger partial charge is 0.507 e. The van der Waals surface area contributed by atoms with Crippen LogP contribution in [0.3, 0.4) is 0 Å². The van der Waals surface area contributed by atoms with Crippen LogP contribution in [-0.4, -0.2) is 31.7 Å². The summed E-state index contributed by atoms with van der Waals surface area (Å²) in [6, 6.07) is 23.0. The molecular weight excluding hydrogens is 454 g/mol. The smallest absolute Gasteiger partial charge is 0.295 e. The van der Waals surface area contributed by atoms with Crippen LogP contribution in [0.1, 0.15) is 28.3 Å². The summed E-state index contributed by atoms with van der Waals surface area (Å²) in [4.78, 5) is 36.0. The third-order valence-corrected chi connectivity index (χ3v) is 5.99. The van der Waals surface area contributed by atoms with Gasteiger partial charge in [-0.2, -0.15) is 0 Å². The van der Waals surface area contributed by atoms with E-state index >= 15 is 0 Å². The number of aliphatic hydroxyl groups is 1. The van der Waals surface area contributed by atoms with Gasteiger partial charge >= 0.3 is 0 Å². The van der Waals surface area contributed by atoms with E-state index in [0.29, 0.717) is 23.5 Å². The predicted molar refractivity (Wildman–Crippen MR) is 134 cm³/mol. The number of Topliss-reactive ketones (excluding diaryl/α,β-unsaturated/α-hetero) is 1. The van der Waals surface area contributed by atoms with E-state index in [1.807, 2.05) is 54.6 Å². The summed E-state index contributed by atoms with van der Waals surface area (Å²) in [5.74, 6) is -1.08. The summed E-state index contributed by atoms with van der Waals surface area (Å²) in [5.41, 5.74) is 2.87. The fraction of sp³-hybridized carbons (Fsp3) is 0.103. The summed E-state index contributed by atoms with van der Waals surface area (Å²) in [5, 5.41) is 11.2. The summed E-state index contributed by atoms with van der Waals surface area (Å²) >= 11 is 0. The molecule has 1 N–H and O–H groups in total. The van der Waals surface area contributed by atoms with Crippen LogP contribution in [0.2, 0.25) is 0 Å². The second-order valence-electron chi connectivity index (χ2n) is 8.37. The Morgan fingerprint density at radius 3 is 2.39 bits per heavy atom. The lowest BCUT2D eigenvalue weighted by Gasteiger charge is -2.25. The van der Waals surface area contributed by atoms with E-state index in [1.54, 1.807) is 36.7 Å². The molecule has 7 heteroatoms. The Kier molecular flexibility index (Phi) is 6.53. The number of aromatic nitrogens is 2. The maximum Gasteiger partial charge on any atom is 0.295 e. The molecule has 1 aliphatic heterocycles. The van der Waals surface area contributed by atoms with E-state index in [1.165, 1.54) is 17.3 Å². The molecular formula is C29H23N3O4. The van der Waals surface area contributed by atoms with Gasteiger partial charge in [0.2, 0.25) is 0 Å². The van der Waals surface area contributed by atoms with Gasteiger partial charge in [-0.1, -0.05) is 48.5 Å². The van der Waals surface area contributed by atoms with Crippen molar-refractivity contribution in [2.45, 2.75) is 19.2 Å². The van der Waals surface area contributed by atoms with E-state index in [2.05, 4.69) is 9.97 Å². The maximum atomic E-state index is 13.2. The van der Waals surface area contributed by atoms with Crippen LogP contribution < -0.4 is 4.74 Å². The first-order valence-electron chi connectivity index (χ1n) is 11.5. The number of aliphatic hydroxyl groups excluding tert-OH is 1. The Balaban J connectivity index is 1.55. The van der Waals surface area contributed by atoms with Gasteiger partial charge in [0.05, 0.1) is 11.6 Å². The number of nitrogens with zero attached hydrogens (tertiary/aromatic N) is 3. The molecule has 178 valence electrons. The van der Waals surface area contributed by atoms with E-state index in [4.69, 9.17) is 4.74 Å². The van der Waals surface area contributed by atoms with Gasteiger partial charge in [-0.3, -0.25) is 19.6 Å². The number of amides is 1. The van der Waals surface area contributed by atoms with Crippen molar-refractivity contribution in [1.82, 2.24) is 14.9 Å². The zero-order valence-corrected chi connectivity index (χ0v) is 19.3. The van der Waals surface area contributed by atoms with Crippen LogP contribution in [0.5, 0.6) is 5.75 Å². The lowest BCUT2D eigenvalue weighted by Crippen LogP contribution is -2.29. The lowest BCUT2D eigenvalue weighted by atomic mass is 9.95. The minimum Gasteiger partial charge on any atom is -0.507 e. The van der Waals surface area contributed by atoms with Crippen molar-refractivity contribution in [1.29, 1.82) is 0 Å². The minimum atomic E-state index is -0.807. The van der Waals surface area contributed by atoms with Crippen LogP contribution in [0.25, 0.3) is 5.76 Å². The number of carbonyl (C=O) groups is 2. The molecule has 2 aromatic heterocycles. The second kappa shape index (κ2) is 10.2. The van der Waals surface area contributed by atoms with Crippen molar-refractivity contribution in [3.63, 3.8) is 0 Å². The molecule has 2 aromatic carbocycles. The van der Waals surface area contributed by atoms with E-state index < -0.39 is 17.7 Å². The molecule has 36 heavy (non-hydrogen) atoms. The molecule has 4 aromatic rings. The van der Waals surface area contributed by atoms with Gasteiger partial charge in [0.15, 0.2) is 0 Å². The number of likely N-dealkylation sites (tertiary alicyclic amines) is 1. The minimum absolute atomic E-state index is 0.0234. The Morgan fingerprint density at radius 2 is 1.64 bits per heavy atom. The molecule has 5 rings (SSSR count). The highest BCUT2D eigenvalue weighted by atomic mass is 16.5. The maximum absolute atomic E-state index is 13.2. The van der Waals surface area contributed by atoms with Gasteiger partial charge in [0.1, 0.15) is 18.1 Å². The highest BCUT2D eigenvalue weighted by Crippen LogP contribution is 2.41. The van der Waals surface area contributed by atoms with E-state index in [9.17, 15) is 14.7 Å². The number of carbonyl (C=O) groups excluding carboxylic acids is 2. The first kappa shape index (κ1) is 23.0. The van der Waals surface area contributed by atoms with Gasteiger partial charge in [0, 0.05) is 36.9 Å². The average molecular weight is 478 g/mol. The number of hydrogen-bond donors (Lipinski definition) is 1. The third kappa shape index (κ3) is 4.72. The van der Waals surface area contributed by atoms with Gasteiger partial charge in [0.25, 0.3) is 11.7 Å². The van der Waals surface area contributed by atoms with Gasteiger partial charge in [-0.15, -0.1) is 0 Å². The molecule has 1 amide bonds. The van der Waals surface area contributed by atoms with Gasteiger partial charge < -0.3 is 14.7 Å². The second-order valence-corrected chi connectivity index (χ2v) is 8.37. The molecule has 0 saturated carbocycles. The fourth-order valence-corrected chi connectivity index (χ4v) is 4.26. The zero-order chi connectivity index (χ0) is 24.9. The SMILES string of the molecule is O=C1C(=O)N(Cc2cccnc2)C(c2cccc(OCc3ccccc3)c2)/C1=C(\O)c1ccncc1. The average Bonchev–Trinajstić information content (AvgIpc) is 3.18. The standard InChI is InChI=1S/C29H23N3O4/c33-27(22-11-14-30-15-12-22)25-26(32(29(35)28(25)34)18-21-8-5-13-31-17-21)23-9-4-10-24(16-23)36-19-20-6-2-1-3-7-20/h1-17,26,33H,18-19H2/b27-25+. The summed E-state index contributed by atoms with van der Waals surface area (Å²) in [6.07, 6.45) is 6.34. The number of pyridine rings is 2. The van der Waals surface area contributed by atoms with Crippen molar-refractivity contribution >= 4 is 17.4 Å². The normalized spacial score (nSPS) is 16.8. The topological polar surface area (TPSA) is 92.6 Å². The van der Waals surface area contributed by atoms with Crippen molar-refractivity contribution in [3.05, 3.63) is 131 Å². The molecule has 7 nitrogen and oxygen atoms in total. The van der Waals surface area contributed by atoms with Crippen molar-refractivity contribution in [2.75, 3.05) is 0 Å². The molecule has 1 unspecified atom stereocenters. The molecule has 0 spiro atoms. The lowest BCUT2D eigenvalue weighted by molar-refractivity contribution is -0.140. The molecule has 0 bridgehead atoms.